The van der Waals surface area contributed by atoms with E-state index in [0.29, 0.717) is 23.9 Å². The smallest absolute Gasteiger partial charge is 0.339 e. The van der Waals surface area contributed by atoms with Gasteiger partial charge in [0.1, 0.15) is 5.82 Å². The van der Waals surface area contributed by atoms with E-state index in [1.54, 1.807) is 0 Å². The van der Waals surface area contributed by atoms with Gasteiger partial charge in [0.2, 0.25) is 0 Å². The van der Waals surface area contributed by atoms with Crippen molar-refractivity contribution >= 4 is 5.97 Å². The van der Waals surface area contributed by atoms with Crippen molar-refractivity contribution in [3.8, 4) is 0 Å². The molecule has 21 heavy (non-hydrogen) atoms. The Morgan fingerprint density at radius 3 is 2.67 bits per heavy atom. The molecule has 0 saturated heterocycles. The number of rotatable bonds is 4. The maximum Gasteiger partial charge on any atom is 0.339 e. The summed E-state index contributed by atoms with van der Waals surface area (Å²) in [5.74, 6) is 0.0670. The number of aromatic nitrogens is 2. The summed E-state index contributed by atoms with van der Waals surface area (Å²) in [6.45, 7) is 4.17. The standard InChI is InChI=1S/C17H18N2O2/c1-10-3-4-12(7-11(10)2)8-15-18-9-14(17(20)21)16(19-15)13-5-6-13/h3-4,7,9,13H,5-6,8H2,1-2H3,(H,20,21). The highest BCUT2D eigenvalue weighted by Crippen LogP contribution is 2.40. The van der Waals surface area contributed by atoms with Crippen molar-refractivity contribution in [3.63, 3.8) is 0 Å². The van der Waals surface area contributed by atoms with E-state index in [-0.39, 0.29) is 5.56 Å². The SMILES string of the molecule is Cc1ccc(Cc2ncc(C(=O)O)c(C3CC3)n2)cc1C. The molecule has 1 aliphatic rings. The largest absolute Gasteiger partial charge is 0.478 e. The minimum atomic E-state index is -0.936. The van der Waals surface area contributed by atoms with Crippen LogP contribution in [0, 0.1) is 13.8 Å². The molecule has 4 nitrogen and oxygen atoms in total. The Kier molecular flexibility index (Phi) is 3.45. The first-order valence-corrected chi connectivity index (χ1v) is 7.20. The molecule has 2 aromatic rings. The first-order valence-electron chi connectivity index (χ1n) is 7.20. The lowest BCUT2D eigenvalue weighted by atomic mass is 10.0. The van der Waals surface area contributed by atoms with Crippen LogP contribution in [-0.2, 0) is 6.42 Å². The highest BCUT2D eigenvalue weighted by Gasteiger charge is 2.30. The zero-order valence-electron chi connectivity index (χ0n) is 12.3. The minimum absolute atomic E-state index is 0.251. The number of hydrogen-bond acceptors (Lipinski definition) is 3. The lowest BCUT2D eigenvalue weighted by molar-refractivity contribution is 0.0694. The van der Waals surface area contributed by atoms with Crippen LogP contribution in [-0.4, -0.2) is 21.0 Å². The van der Waals surface area contributed by atoms with E-state index in [1.165, 1.54) is 17.3 Å². The summed E-state index contributed by atoms with van der Waals surface area (Å²) < 4.78 is 0. The fourth-order valence-corrected chi connectivity index (χ4v) is 2.45. The highest BCUT2D eigenvalue weighted by atomic mass is 16.4. The molecule has 1 saturated carbocycles. The summed E-state index contributed by atoms with van der Waals surface area (Å²) in [7, 11) is 0. The van der Waals surface area contributed by atoms with Gasteiger partial charge in [-0.15, -0.1) is 0 Å². The quantitative estimate of drug-likeness (QED) is 0.935. The zero-order valence-corrected chi connectivity index (χ0v) is 12.3. The molecule has 0 amide bonds. The molecule has 1 aromatic heterocycles. The fraction of sp³-hybridized carbons (Fsp3) is 0.353. The van der Waals surface area contributed by atoms with E-state index in [0.717, 1.165) is 18.4 Å². The first-order chi connectivity index (χ1) is 10.0. The monoisotopic (exact) mass is 282 g/mol. The average Bonchev–Trinajstić information content (AvgIpc) is 3.27. The van der Waals surface area contributed by atoms with Gasteiger partial charge in [0.05, 0.1) is 11.3 Å². The van der Waals surface area contributed by atoms with Crippen molar-refractivity contribution in [1.29, 1.82) is 0 Å². The van der Waals surface area contributed by atoms with Gasteiger partial charge in [0.25, 0.3) is 0 Å². The average molecular weight is 282 g/mol. The Labute approximate surface area is 123 Å². The number of carbonyl (C=O) groups is 1. The molecule has 1 heterocycles. The minimum Gasteiger partial charge on any atom is -0.478 e. The summed E-state index contributed by atoms with van der Waals surface area (Å²) in [6, 6.07) is 6.31. The van der Waals surface area contributed by atoms with Gasteiger partial charge in [-0.3, -0.25) is 0 Å². The maximum atomic E-state index is 11.2. The number of aryl methyl sites for hydroxylation is 2. The van der Waals surface area contributed by atoms with Crippen LogP contribution in [0.25, 0.3) is 0 Å². The van der Waals surface area contributed by atoms with E-state index in [2.05, 4.69) is 42.0 Å². The van der Waals surface area contributed by atoms with Crippen molar-refractivity contribution < 1.29 is 9.90 Å². The van der Waals surface area contributed by atoms with Crippen molar-refractivity contribution in [3.05, 3.63) is 58.2 Å². The lowest BCUT2D eigenvalue weighted by Gasteiger charge is -2.08. The van der Waals surface area contributed by atoms with Crippen LogP contribution in [0.2, 0.25) is 0 Å². The predicted octanol–water partition coefficient (Wildman–Crippen LogP) is 3.26. The molecule has 0 radical (unpaired) electrons. The van der Waals surface area contributed by atoms with Crippen LogP contribution >= 0.6 is 0 Å². The lowest BCUT2D eigenvalue weighted by Crippen LogP contribution is -2.08. The molecule has 0 bridgehead atoms. The summed E-state index contributed by atoms with van der Waals surface area (Å²) in [5, 5.41) is 9.21. The third-order valence-corrected chi connectivity index (χ3v) is 4.00. The van der Waals surface area contributed by atoms with Crippen LogP contribution in [0.3, 0.4) is 0 Å². The topological polar surface area (TPSA) is 63.1 Å². The number of aromatic carboxylic acids is 1. The predicted molar refractivity (Wildman–Crippen MR) is 79.7 cm³/mol. The molecule has 3 rings (SSSR count). The molecule has 0 atom stereocenters. The Morgan fingerprint density at radius 2 is 2.05 bits per heavy atom. The molecular weight excluding hydrogens is 264 g/mol. The number of nitrogens with zero attached hydrogens (tertiary/aromatic N) is 2. The number of carboxylic acids is 1. The van der Waals surface area contributed by atoms with Gasteiger partial charge in [0, 0.05) is 18.5 Å². The fourth-order valence-electron chi connectivity index (χ4n) is 2.45. The van der Waals surface area contributed by atoms with Gasteiger partial charge in [-0.05, 0) is 43.4 Å². The molecular formula is C17H18N2O2. The normalized spacial score (nSPS) is 14.2. The Balaban J connectivity index is 1.90. The molecule has 4 heteroatoms. The van der Waals surface area contributed by atoms with E-state index in [1.807, 2.05) is 0 Å². The molecule has 0 unspecified atom stereocenters. The second-order valence-electron chi connectivity index (χ2n) is 5.76. The van der Waals surface area contributed by atoms with E-state index in [9.17, 15) is 9.90 Å². The number of benzene rings is 1. The van der Waals surface area contributed by atoms with Crippen LogP contribution in [0.5, 0.6) is 0 Å². The van der Waals surface area contributed by atoms with Gasteiger partial charge in [-0.1, -0.05) is 18.2 Å². The molecule has 1 N–H and O–H groups in total. The van der Waals surface area contributed by atoms with Crippen molar-refractivity contribution in [2.45, 2.75) is 39.0 Å². The van der Waals surface area contributed by atoms with Crippen molar-refractivity contribution in [1.82, 2.24) is 9.97 Å². The van der Waals surface area contributed by atoms with E-state index in [4.69, 9.17) is 0 Å². The van der Waals surface area contributed by atoms with Gasteiger partial charge in [-0.25, -0.2) is 14.8 Å². The van der Waals surface area contributed by atoms with Gasteiger partial charge < -0.3 is 5.11 Å². The maximum absolute atomic E-state index is 11.2. The third-order valence-electron chi connectivity index (χ3n) is 4.00. The van der Waals surface area contributed by atoms with Crippen LogP contribution in [0.15, 0.2) is 24.4 Å². The Bertz CT molecular complexity index is 706. The van der Waals surface area contributed by atoms with Crippen LogP contribution < -0.4 is 0 Å². The van der Waals surface area contributed by atoms with Crippen LogP contribution in [0.1, 0.15) is 57.3 Å². The highest BCUT2D eigenvalue weighted by molar-refractivity contribution is 5.88. The summed E-state index contributed by atoms with van der Waals surface area (Å²) in [4.78, 5) is 20.0. The van der Waals surface area contributed by atoms with Gasteiger partial charge >= 0.3 is 5.97 Å². The third kappa shape index (κ3) is 2.94. The second-order valence-corrected chi connectivity index (χ2v) is 5.76. The summed E-state index contributed by atoms with van der Waals surface area (Å²) in [6.07, 6.45) is 4.15. The van der Waals surface area contributed by atoms with Gasteiger partial charge in [-0.2, -0.15) is 0 Å². The number of carboxylic acid groups (broad SMARTS) is 1. The molecule has 1 aromatic carbocycles. The van der Waals surface area contributed by atoms with Crippen molar-refractivity contribution in [2.24, 2.45) is 0 Å². The first kappa shape index (κ1) is 13.7. The second kappa shape index (κ2) is 5.28. The summed E-state index contributed by atoms with van der Waals surface area (Å²) >= 11 is 0. The Hall–Kier alpha value is -2.23. The molecule has 1 fully saturated rings. The Morgan fingerprint density at radius 1 is 1.29 bits per heavy atom. The molecule has 0 spiro atoms. The zero-order chi connectivity index (χ0) is 15.0. The molecule has 0 aliphatic heterocycles. The number of hydrogen-bond donors (Lipinski definition) is 1. The van der Waals surface area contributed by atoms with Gasteiger partial charge in [0.15, 0.2) is 0 Å². The van der Waals surface area contributed by atoms with Crippen LogP contribution in [0.4, 0.5) is 0 Å². The van der Waals surface area contributed by atoms with Crippen molar-refractivity contribution in [2.75, 3.05) is 0 Å². The summed E-state index contributed by atoms with van der Waals surface area (Å²) in [5.41, 5.74) is 4.62. The molecule has 1 aliphatic carbocycles. The molecule has 108 valence electrons. The van der Waals surface area contributed by atoms with E-state index >= 15 is 0 Å². The van der Waals surface area contributed by atoms with E-state index < -0.39 is 5.97 Å².